The Hall–Kier alpha value is -0.220. The summed E-state index contributed by atoms with van der Waals surface area (Å²) in [4.78, 5) is 0. The van der Waals surface area contributed by atoms with Crippen LogP contribution >= 0.6 is 50.7 Å². The standard InChI is InChI=1S/C10H5BrCl3NO/c11-4-6-3-9(15-16-6)7-1-5(12)2-8(13)10(7)14/h1-3H,4H2. The predicted octanol–water partition coefficient (Wildman–Crippen LogP) is 5.20. The van der Waals surface area contributed by atoms with Crippen molar-refractivity contribution in [3.05, 3.63) is 39.0 Å². The highest BCUT2D eigenvalue weighted by Gasteiger charge is 2.13. The monoisotopic (exact) mass is 339 g/mol. The lowest BCUT2D eigenvalue weighted by atomic mass is 10.1. The van der Waals surface area contributed by atoms with Crippen LogP contribution in [0.2, 0.25) is 15.1 Å². The normalized spacial score (nSPS) is 10.8. The Bertz CT molecular complexity index is 527. The van der Waals surface area contributed by atoms with Gasteiger partial charge in [-0.1, -0.05) is 55.9 Å². The van der Waals surface area contributed by atoms with Gasteiger partial charge in [-0.2, -0.15) is 0 Å². The van der Waals surface area contributed by atoms with Gasteiger partial charge in [-0.3, -0.25) is 0 Å². The Morgan fingerprint density at radius 1 is 1.19 bits per heavy atom. The molecular weight excluding hydrogens is 336 g/mol. The van der Waals surface area contributed by atoms with Crippen molar-refractivity contribution >= 4 is 50.7 Å². The molecule has 1 heterocycles. The first kappa shape index (κ1) is 12.2. The smallest absolute Gasteiger partial charge is 0.147 e. The van der Waals surface area contributed by atoms with Crippen LogP contribution < -0.4 is 0 Å². The molecule has 2 aromatic rings. The molecule has 0 amide bonds. The zero-order valence-corrected chi connectivity index (χ0v) is 11.7. The van der Waals surface area contributed by atoms with E-state index in [0.29, 0.717) is 37.4 Å². The SMILES string of the molecule is Clc1cc(Cl)c(Cl)c(-c2cc(CBr)on2)c1. The predicted molar refractivity (Wildman–Crippen MR) is 69.6 cm³/mol. The van der Waals surface area contributed by atoms with Crippen molar-refractivity contribution in [3.8, 4) is 11.3 Å². The van der Waals surface area contributed by atoms with E-state index in [1.165, 1.54) is 0 Å². The Labute approximate surface area is 116 Å². The average Bonchev–Trinajstić information content (AvgIpc) is 2.71. The van der Waals surface area contributed by atoms with Gasteiger partial charge in [0.1, 0.15) is 11.5 Å². The molecule has 0 radical (unpaired) electrons. The van der Waals surface area contributed by atoms with Crippen molar-refractivity contribution in [2.45, 2.75) is 5.33 Å². The molecule has 16 heavy (non-hydrogen) atoms. The first-order valence-corrected chi connectivity index (χ1v) is 6.54. The molecule has 2 rings (SSSR count). The molecular formula is C10H5BrCl3NO. The molecule has 1 aromatic carbocycles. The lowest BCUT2D eigenvalue weighted by molar-refractivity contribution is 0.398. The maximum Gasteiger partial charge on any atom is 0.147 e. The number of alkyl halides is 1. The lowest BCUT2D eigenvalue weighted by Crippen LogP contribution is -1.81. The Morgan fingerprint density at radius 3 is 2.56 bits per heavy atom. The molecule has 0 aliphatic heterocycles. The van der Waals surface area contributed by atoms with E-state index in [-0.39, 0.29) is 0 Å². The van der Waals surface area contributed by atoms with Crippen molar-refractivity contribution in [3.63, 3.8) is 0 Å². The fraction of sp³-hybridized carbons (Fsp3) is 0.100. The second kappa shape index (κ2) is 4.96. The van der Waals surface area contributed by atoms with Gasteiger partial charge in [0.25, 0.3) is 0 Å². The van der Waals surface area contributed by atoms with E-state index in [1.54, 1.807) is 18.2 Å². The summed E-state index contributed by atoms with van der Waals surface area (Å²) in [6.07, 6.45) is 0. The highest BCUT2D eigenvalue weighted by molar-refractivity contribution is 9.08. The number of nitrogens with zero attached hydrogens (tertiary/aromatic N) is 1. The molecule has 2 nitrogen and oxygen atoms in total. The van der Waals surface area contributed by atoms with Crippen LogP contribution in [0, 0.1) is 0 Å². The molecule has 0 saturated carbocycles. The third-order valence-corrected chi connectivity index (χ3v) is 3.53. The molecule has 0 saturated heterocycles. The second-order valence-corrected chi connectivity index (χ2v) is 4.84. The summed E-state index contributed by atoms with van der Waals surface area (Å²) < 4.78 is 5.06. The lowest BCUT2D eigenvalue weighted by Gasteiger charge is -2.02. The number of rotatable bonds is 2. The summed E-state index contributed by atoms with van der Waals surface area (Å²) in [7, 11) is 0. The van der Waals surface area contributed by atoms with Crippen LogP contribution in [-0.2, 0) is 5.33 Å². The van der Waals surface area contributed by atoms with E-state index >= 15 is 0 Å². The van der Waals surface area contributed by atoms with E-state index in [1.807, 2.05) is 0 Å². The second-order valence-electron chi connectivity index (χ2n) is 3.06. The van der Waals surface area contributed by atoms with Crippen LogP contribution in [0.3, 0.4) is 0 Å². The summed E-state index contributed by atoms with van der Waals surface area (Å²) >= 11 is 21.2. The summed E-state index contributed by atoms with van der Waals surface area (Å²) in [6, 6.07) is 5.06. The van der Waals surface area contributed by atoms with Crippen molar-refractivity contribution < 1.29 is 4.52 Å². The minimum absolute atomic E-state index is 0.396. The summed E-state index contributed by atoms with van der Waals surface area (Å²) in [6.45, 7) is 0. The molecule has 0 aliphatic carbocycles. The average molecular weight is 341 g/mol. The maximum atomic E-state index is 6.07. The quantitative estimate of drug-likeness (QED) is 0.554. The third-order valence-electron chi connectivity index (χ3n) is 1.96. The largest absolute Gasteiger partial charge is 0.360 e. The van der Waals surface area contributed by atoms with E-state index < -0.39 is 0 Å². The van der Waals surface area contributed by atoms with Gasteiger partial charge < -0.3 is 4.52 Å². The van der Waals surface area contributed by atoms with Gasteiger partial charge in [-0.05, 0) is 12.1 Å². The minimum atomic E-state index is 0.396. The first-order valence-electron chi connectivity index (χ1n) is 4.28. The van der Waals surface area contributed by atoms with Crippen molar-refractivity contribution in [1.29, 1.82) is 0 Å². The van der Waals surface area contributed by atoms with Gasteiger partial charge in [0.15, 0.2) is 0 Å². The van der Waals surface area contributed by atoms with Crippen LogP contribution in [-0.4, -0.2) is 5.16 Å². The van der Waals surface area contributed by atoms with E-state index in [2.05, 4.69) is 21.1 Å². The molecule has 1 aromatic heterocycles. The topological polar surface area (TPSA) is 26.0 Å². The van der Waals surface area contributed by atoms with Crippen LogP contribution in [0.5, 0.6) is 0 Å². The number of hydrogen-bond acceptors (Lipinski definition) is 2. The number of hydrogen-bond donors (Lipinski definition) is 0. The fourth-order valence-corrected chi connectivity index (χ4v) is 2.21. The highest BCUT2D eigenvalue weighted by atomic mass is 79.9. The molecule has 0 spiro atoms. The van der Waals surface area contributed by atoms with Crippen molar-refractivity contribution in [1.82, 2.24) is 5.16 Å². The van der Waals surface area contributed by atoms with Crippen LogP contribution in [0.1, 0.15) is 5.76 Å². The van der Waals surface area contributed by atoms with Crippen LogP contribution in [0.25, 0.3) is 11.3 Å². The number of halogens is 4. The van der Waals surface area contributed by atoms with E-state index in [4.69, 9.17) is 39.3 Å². The Kier molecular flexibility index (Phi) is 3.80. The molecule has 0 unspecified atom stereocenters. The number of benzene rings is 1. The van der Waals surface area contributed by atoms with Crippen molar-refractivity contribution in [2.24, 2.45) is 0 Å². The fourth-order valence-electron chi connectivity index (χ4n) is 1.25. The van der Waals surface area contributed by atoms with Gasteiger partial charge in [0.05, 0.1) is 15.4 Å². The molecule has 0 aliphatic rings. The Balaban J connectivity index is 2.54. The zero-order chi connectivity index (χ0) is 11.7. The molecule has 6 heteroatoms. The molecule has 84 valence electrons. The van der Waals surface area contributed by atoms with E-state index in [9.17, 15) is 0 Å². The van der Waals surface area contributed by atoms with Gasteiger partial charge in [-0.25, -0.2) is 0 Å². The Morgan fingerprint density at radius 2 is 1.94 bits per heavy atom. The minimum Gasteiger partial charge on any atom is -0.360 e. The molecule has 0 bridgehead atoms. The first-order chi connectivity index (χ1) is 7.61. The highest BCUT2D eigenvalue weighted by Crippen LogP contribution is 2.36. The number of aromatic nitrogens is 1. The molecule has 0 fully saturated rings. The van der Waals surface area contributed by atoms with Gasteiger partial charge >= 0.3 is 0 Å². The third kappa shape index (κ3) is 2.38. The van der Waals surface area contributed by atoms with Gasteiger partial charge in [-0.15, -0.1) is 0 Å². The van der Waals surface area contributed by atoms with Crippen molar-refractivity contribution in [2.75, 3.05) is 0 Å². The molecule has 0 N–H and O–H groups in total. The van der Waals surface area contributed by atoms with Gasteiger partial charge in [0, 0.05) is 16.7 Å². The van der Waals surface area contributed by atoms with E-state index in [0.717, 1.165) is 0 Å². The summed E-state index contributed by atoms with van der Waals surface area (Å²) in [5.74, 6) is 0.710. The maximum absolute atomic E-state index is 6.07. The van der Waals surface area contributed by atoms with Gasteiger partial charge in [0.2, 0.25) is 0 Å². The summed E-state index contributed by atoms with van der Waals surface area (Å²) in [5.41, 5.74) is 1.28. The van der Waals surface area contributed by atoms with Crippen LogP contribution in [0.4, 0.5) is 0 Å². The zero-order valence-electron chi connectivity index (χ0n) is 7.81. The molecule has 0 atom stereocenters. The van der Waals surface area contributed by atoms with Crippen LogP contribution in [0.15, 0.2) is 22.7 Å². The summed E-state index contributed by atoms with van der Waals surface area (Å²) in [5, 5.41) is 5.80.